The smallest absolute Gasteiger partial charge is 0.444 e. The van der Waals surface area contributed by atoms with E-state index in [1.807, 2.05) is 0 Å². The van der Waals surface area contributed by atoms with Crippen LogP contribution in [0.3, 0.4) is 0 Å². The SMILES string of the molecule is Cc1oc2c(c1CC(=O)N=c1scc(-c3ccc(C(F)(F)F)c(F)c3F)n1COP(=O)(OCn1c(-c3ccc(C(F)(F)F)c(F)c3F)csc1=NC(=O)Cc1c(C)oc3c1c(=O)n(C)c(=O)n3C)OCn1c(-c3ccc(C(F)(F)F)c(F)c3F)csc1=NC(=O)Cc1c(C)oc3c1c(=O)n(C)c(=O)n3C)c(=O)n(C)c(=O)n2C. The molecule has 0 aliphatic carbocycles. The average molecular weight is 1680 g/mol. The van der Waals surface area contributed by atoms with E-state index < -0.39 is 217 Å². The third-order valence-corrected chi connectivity index (χ3v) is 21.7. The highest BCUT2D eigenvalue weighted by Gasteiger charge is 2.41. The van der Waals surface area contributed by atoms with Crippen LogP contribution in [0.1, 0.15) is 50.7 Å². The molecule has 0 saturated heterocycles. The zero-order chi connectivity index (χ0) is 82.8. The number of phosphoric ester groups is 1. The van der Waals surface area contributed by atoms with Crippen molar-refractivity contribution >= 4 is 92.9 Å². The van der Waals surface area contributed by atoms with Crippen LogP contribution in [0.5, 0.6) is 0 Å². The molecule has 0 aliphatic heterocycles. The number of rotatable bonds is 18. The first-order chi connectivity index (χ1) is 52.8. The fourth-order valence-electron chi connectivity index (χ4n) is 12.0. The molecule has 113 heavy (non-hydrogen) atoms. The molecule has 28 nitrogen and oxygen atoms in total. The number of aromatic nitrogens is 9. The van der Waals surface area contributed by atoms with Gasteiger partial charge in [-0.15, -0.1) is 34.0 Å². The van der Waals surface area contributed by atoms with Crippen molar-refractivity contribution in [1.29, 1.82) is 0 Å². The standard InChI is InChI=1S/C66H48F15N12O16PS3/c1-25-31(43-52(97)85(4)61(100)88(7)55(43)107-25)16-40(94)82-58-91(37(19-111-58)28-10-13-34(64(73,74)75)49(70)46(28)67)22-104-110(103,105-23-92-38(29-11-14-35(65(76,77)78)50(71)47(29)68)20-112-59(92)83-41(95)17-32-26(2)108-56-44(32)53(98)86(5)62(101)89(56)8)106-24-93-39(30-12-15-36(66(79,80)81)51(72)48(30)69)21-113-60(93)84-42(96)18-33-27(3)109-57-45(33)54(99)87(6)63(102)90(57)9/h10-15,19-21H,16-18,22-24H2,1-9H3. The van der Waals surface area contributed by atoms with Crippen molar-refractivity contribution in [1.82, 2.24) is 41.1 Å². The van der Waals surface area contributed by atoms with Crippen molar-refractivity contribution in [3.05, 3.63) is 215 Å². The number of fused-ring (bicyclic) bond motifs is 3. The number of carbonyl (C=O) groups is 3. The maximum Gasteiger partial charge on any atom is 0.480 e. The molecule has 0 saturated carbocycles. The van der Waals surface area contributed by atoms with Gasteiger partial charge in [-0.25, -0.2) is 45.3 Å². The van der Waals surface area contributed by atoms with Crippen LogP contribution in [0, 0.1) is 55.7 Å². The Labute approximate surface area is 627 Å². The molecule has 0 atom stereocenters. The van der Waals surface area contributed by atoms with Crippen LogP contribution in [0.4, 0.5) is 65.9 Å². The molecule has 0 bridgehead atoms. The van der Waals surface area contributed by atoms with Crippen LogP contribution in [0.15, 0.2) is 110 Å². The third-order valence-electron chi connectivity index (χ3n) is 17.8. The summed E-state index contributed by atoms with van der Waals surface area (Å²) in [6.45, 7) is -1.09. The summed E-state index contributed by atoms with van der Waals surface area (Å²) < 4.78 is 280. The van der Waals surface area contributed by atoms with Crippen molar-refractivity contribution in [2.75, 3.05) is 0 Å². The summed E-state index contributed by atoms with van der Waals surface area (Å²) in [5.74, 6) is -18.6. The number of alkyl halides is 9. The molecule has 3 aromatic carbocycles. The number of aryl methyl sites for hydroxylation is 6. The fraction of sp³-hybridized carbons (Fsp3) is 0.273. The maximum absolute atomic E-state index is 16.4. The summed E-state index contributed by atoms with van der Waals surface area (Å²) in [5.41, 5.74) is -19.4. The summed E-state index contributed by atoms with van der Waals surface area (Å²) >= 11 is 0.881. The van der Waals surface area contributed by atoms with Gasteiger partial charge in [0, 0.05) is 91.8 Å². The molecule has 0 spiro atoms. The minimum absolute atomic E-state index is 0.0746. The Kier molecular flexibility index (Phi) is 21.3. The first kappa shape index (κ1) is 81.2. The van der Waals surface area contributed by atoms with Gasteiger partial charge in [0.25, 0.3) is 34.4 Å². The zero-order valence-electron chi connectivity index (χ0n) is 58.7. The molecule has 12 aromatic rings. The summed E-state index contributed by atoms with van der Waals surface area (Å²) in [7, 11) is 0.707. The molecule has 0 radical (unpaired) electrons. The number of hydrogen-bond acceptors (Lipinski definition) is 19. The minimum atomic E-state index is -6.20. The van der Waals surface area contributed by atoms with Crippen molar-refractivity contribution in [3.8, 4) is 33.8 Å². The van der Waals surface area contributed by atoms with Gasteiger partial charge in [0.05, 0.1) is 53.0 Å². The van der Waals surface area contributed by atoms with Crippen LogP contribution < -0.4 is 48.2 Å². The molecule has 3 amide bonds. The Hall–Kier alpha value is -11.3. The van der Waals surface area contributed by atoms with E-state index in [1.165, 1.54) is 41.9 Å². The molecule has 596 valence electrons. The normalized spacial score (nSPS) is 13.5. The average Bonchev–Trinajstić information content (AvgIpc) is 1.63. The Morgan fingerprint density at radius 2 is 0.637 bits per heavy atom. The highest BCUT2D eigenvalue weighted by Crippen LogP contribution is 2.52. The number of hydrogen-bond donors (Lipinski definition) is 0. The molecule has 47 heteroatoms. The molecule has 0 unspecified atom stereocenters. The van der Waals surface area contributed by atoms with Gasteiger partial charge in [0.2, 0.25) is 17.1 Å². The number of amides is 3. The molecular formula is C66H48F15N12O16PS3. The van der Waals surface area contributed by atoms with Crippen molar-refractivity contribution in [2.24, 2.45) is 57.3 Å². The summed E-state index contributed by atoms with van der Waals surface area (Å²) in [6.07, 6.45) is -19.4. The van der Waals surface area contributed by atoms with E-state index in [-0.39, 0.29) is 85.5 Å². The number of furan rings is 3. The molecule has 0 N–H and O–H groups in total. The topological polar surface area (TPSA) is 319 Å². The van der Waals surface area contributed by atoms with Crippen molar-refractivity contribution in [2.45, 2.75) is 78.8 Å². The number of nitrogens with zero attached hydrogens (tertiary/aromatic N) is 12. The summed E-state index contributed by atoms with van der Waals surface area (Å²) in [5, 5.41) is 1.50. The van der Waals surface area contributed by atoms with Crippen LogP contribution in [0.2, 0.25) is 0 Å². The van der Waals surface area contributed by atoms with E-state index in [1.54, 1.807) is 0 Å². The predicted molar refractivity (Wildman–Crippen MR) is 366 cm³/mol. The van der Waals surface area contributed by atoms with Crippen molar-refractivity contribution < 1.29 is 112 Å². The second kappa shape index (κ2) is 29.7. The Morgan fingerprint density at radius 3 is 0.867 bits per heavy atom. The van der Waals surface area contributed by atoms with E-state index in [2.05, 4.69) is 15.0 Å². The lowest BCUT2D eigenvalue weighted by atomic mass is 10.1. The lowest BCUT2D eigenvalue weighted by Gasteiger charge is -2.21. The highest BCUT2D eigenvalue weighted by molar-refractivity contribution is 7.48. The number of halogens is 15. The van der Waals surface area contributed by atoms with Gasteiger partial charge in [-0.05, 0) is 57.2 Å². The molecule has 0 fully saturated rings. The molecular weight excluding hydrogens is 1630 g/mol. The number of phosphoric acid groups is 1. The van der Waals surface area contributed by atoms with Gasteiger partial charge in [-0.2, -0.15) is 54.5 Å². The van der Waals surface area contributed by atoms with Gasteiger partial charge in [-0.1, -0.05) is 0 Å². The van der Waals surface area contributed by atoms with E-state index in [0.717, 1.165) is 51.0 Å². The second-order valence-corrected chi connectivity index (χ2v) is 28.9. The van der Waals surface area contributed by atoms with Crippen LogP contribution in [0.25, 0.3) is 67.1 Å². The largest absolute Gasteiger partial charge is 0.480 e. The van der Waals surface area contributed by atoms with Crippen LogP contribution in [-0.4, -0.2) is 58.8 Å². The molecule has 9 heterocycles. The number of carbonyl (C=O) groups excluding carboxylic acids is 3. The number of benzene rings is 3. The Morgan fingerprint density at radius 1 is 0.398 bits per heavy atom. The quantitative estimate of drug-likeness (QED) is 0.0569. The maximum atomic E-state index is 16.4. The minimum Gasteiger partial charge on any atom is -0.444 e. The molecule has 0 aliphatic rings. The first-order valence-corrected chi connectivity index (χ1v) is 35.9. The third kappa shape index (κ3) is 14.7. The van der Waals surface area contributed by atoms with E-state index in [9.17, 15) is 82.7 Å². The Bertz CT molecular complexity index is 6130. The number of thiazole rings is 3. The van der Waals surface area contributed by atoms with Gasteiger partial charge >= 0.3 is 43.4 Å². The predicted octanol–water partition coefficient (Wildman–Crippen LogP) is 9.96. The second-order valence-electron chi connectivity index (χ2n) is 24.7. The monoisotopic (exact) mass is 1680 g/mol. The van der Waals surface area contributed by atoms with Crippen LogP contribution >= 0.6 is 41.8 Å². The van der Waals surface area contributed by atoms with E-state index in [0.29, 0.717) is 79.6 Å². The van der Waals surface area contributed by atoms with Crippen molar-refractivity contribution in [3.63, 3.8) is 0 Å². The van der Waals surface area contributed by atoms with E-state index in [4.69, 9.17) is 26.8 Å². The molecule has 9 aromatic heterocycles. The fourth-order valence-corrected chi connectivity index (χ4v) is 15.7. The Balaban J connectivity index is 1.04. The lowest BCUT2D eigenvalue weighted by Crippen LogP contribution is -2.36. The van der Waals surface area contributed by atoms with Crippen LogP contribution in [-0.2, 0) is 133 Å². The van der Waals surface area contributed by atoms with Gasteiger partial charge in [-0.3, -0.25) is 83.4 Å². The zero-order valence-corrected chi connectivity index (χ0v) is 62.0. The molecule has 12 rings (SSSR count). The highest BCUT2D eigenvalue weighted by atomic mass is 32.1. The summed E-state index contributed by atoms with van der Waals surface area (Å²) in [4.78, 5) is 132. The first-order valence-electron chi connectivity index (χ1n) is 31.8. The van der Waals surface area contributed by atoms with Gasteiger partial charge in [0.15, 0.2) is 49.3 Å². The van der Waals surface area contributed by atoms with Gasteiger partial charge < -0.3 is 13.3 Å². The van der Waals surface area contributed by atoms with Gasteiger partial charge in [0.1, 0.15) is 53.6 Å². The summed E-state index contributed by atoms with van der Waals surface area (Å²) in [6, 6.07) is 1.36. The van der Waals surface area contributed by atoms with E-state index >= 15 is 30.9 Å². The lowest BCUT2D eigenvalue weighted by molar-refractivity contribution is -0.141.